The van der Waals surface area contributed by atoms with Crippen LogP contribution in [0.15, 0.2) is 23.6 Å². The van der Waals surface area contributed by atoms with Crippen LogP contribution in [0, 0.1) is 17.8 Å². The minimum absolute atomic E-state index is 0.0507. The van der Waals surface area contributed by atoms with E-state index in [9.17, 15) is 14.4 Å². The van der Waals surface area contributed by atoms with Crippen LogP contribution in [0.3, 0.4) is 0 Å². The molecule has 0 spiro atoms. The van der Waals surface area contributed by atoms with Gasteiger partial charge in [0.2, 0.25) is 11.8 Å². The number of halogens is 1. The molecule has 48 heavy (non-hydrogen) atoms. The van der Waals surface area contributed by atoms with Gasteiger partial charge in [0.05, 0.1) is 36.8 Å². The van der Waals surface area contributed by atoms with E-state index in [1.165, 1.54) is 11.3 Å². The number of unbranched alkanes of at least 4 members (excludes halogenated alkanes) is 2. The first-order chi connectivity index (χ1) is 22.9. The molecule has 3 aromatic rings. The average Bonchev–Trinajstić information content (AvgIpc) is 3.40. The number of esters is 1. The molecule has 5 rings (SSSR count). The molecule has 0 aliphatic heterocycles. The Balaban J connectivity index is 1.48. The van der Waals surface area contributed by atoms with Gasteiger partial charge in [-0.2, -0.15) is 0 Å². The fourth-order valence-corrected chi connectivity index (χ4v) is 7.80. The Labute approximate surface area is 291 Å². The number of amides is 2. The van der Waals surface area contributed by atoms with Gasteiger partial charge < -0.3 is 24.4 Å². The molecule has 2 aliphatic carbocycles. The number of fused-ring (bicyclic) bond motifs is 1. The summed E-state index contributed by atoms with van der Waals surface area (Å²) in [5.41, 5.74) is 1.04. The summed E-state index contributed by atoms with van der Waals surface area (Å²) in [6, 6.07) is 5.48. The number of nitrogens with one attached hydrogen (secondary N) is 1. The van der Waals surface area contributed by atoms with Gasteiger partial charge in [-0.25, -0.2) is 14.8 Å². The first-order valence-electron chi connectivity index (χ1n) is 17.0. The number of benzene rings is 1. The number of rotatable bonds is 14. The van der Waals surface area contributed by atoms with E-state index < -0.39 is 29.4 Å². The number of hydrogen-bond acceptors (Lipinski definition) is 9. The van der Waals surface area contributed by atoms with Crippen LogP contribution in [0.4, 0.5) is 0 Å². The predicted molar refractivity (Wildman–Crippen MR) is 188 cm³/mol. The molecule has 12 heteroatoms. The van der Waals surface area contributed by atoms with Crippen LogP contribution in [-0.4, -0.2) is 71.6 Å². The van der Waals surface area contributed by atoms with E-state index in [4.69, 9.17) is 35.8 Å². The number of aromatic nitrogens is 2. The van der Waals surface area contributed by atoms with Crippen molar-refractivity contribution in [2.75, 3.05) is 27.3 Å². The topological polar surface area (TPSA) is 120 Å². The molecule has 2 aromatic heterocycles. The van der Waals surface area contributed by atoms with Gasteiger partial charge in [0, 0.05) is 30.4 Å². The number of ether oxygens (including phenoxy) is 3. The van der Waals surface area contributed by atoms with Gasteiger partial charge in [-0.3, -0.25) is 9.59 Å². The summed E-state index contributed by atoms with van der Waals surface area (Å²) in [4.78, 5) is 52.2. The number of thiazole rings is 1. The second kappa shape index (κ2) is 15.0. The Bertz CT molecular complexity index is 1660. The van der Waals surface area contributed by atoms with Gasteiger partial charge in [0.15, 0.2) is 0 Å². The van der Waals surface area contributed by atoms with Crippen LogP contribution >= 0.6 is 22.9 Å². The van der Waals surface area contributed by atoms with E-state index in [2.05, 4.69) is 26.1 Å². The van der Waals surface area contributed by atoms with Crippen molar-refractivity contribution < 1.29 is 28.6 Å². The number of hydrogen-bond donors (Lipinski definition) is 1. The smallest absolute Gasteiger partial charge is 0.332 e. The molecule has 0 saturated heterocycles. The van der Waals surface area contributed by atoms with Crippen LogP contribution in [-0.2, 0) is 19.1 Å². The second-order valence-electron chi connectivity index (χ2n) is 13.4. The zero-order valence-corrected chi connectivity index (χ0v) is 30.5. The average molecular weight is 699 g/mol. The van der Waals surface area contributed by atoms with Crippen LogP contribution in [0.25, 0.3) is 21.6 Å². The lowest BCUT2D eigenvalue weighted by Gasteiger charge is -2.26. The minimum Gasteiger partial charge on any atom is -0.495 e. The maximum absolute atomic E-state index is 14.0. The monoisotopic (exact) mass is 698 g/mol. The molecule has 10 nitrogen and oxygen atoms in total. The highest BCUT2D eigenvalue weighted by Crippen LogP contribution is 2.46. The van der Waals surface area contributed by atoms with E-state index in [1.54, 1.807) is 32.0 Å². The molecule has 0 bridgehead atoms. The second-order valence-corrected chi connectivity index (χ2v) is 14.6. The zero-order chi connectivity index (χ0) is 34.7. The maximum Gasteiger partial charge on any atom is 0.332 e. The summed E-state index contributed by atoms with van der Waals surface area (Å²) in [7, 11) is 3.35. The van der Waals surface area contributed by atoms with Crippen molar-refractivity contribution in [3.8, 4) is 22.2 Å². The number of carbonyl (C=O) groups excluding carboxylic acids is 3. The van der Waals surface area contributed by atoms with E-state index in [0.29, 0.717) is 58.9 Å². The third-order valence-corrected chi connectivity index (χ3v) is 10.9. The standard InChI is InChI=1S/C36H47ClN4O6S/c1-8-10-11-14-41(6)34(43)25-16-22(15-24(25)32(42)40-36(18-21(36)5)35(44)46-9-2)47-29-17-26(33-39-27(19-48-33)20(3)4)38-31-23(29)12-13-28(45-7)30(31)37/h12-13,17,19-22,24-25H,8-11,14-16,18H2,1-7H3,(H,40,42)/t21-,22-,24-,25-,36-/m1/s1. The Kier molecular flexibility index (Phi) is 11.2. The molecule has 5 atom stereocenters. The third-order valence-electron chi connectivity index (χ3n) is 9.63. The van der Waals surface area contributed by atoms with Gasteiger partial charge in [-0.05, 0) is 56.6 Å². The van der Waals surface area contributed by atoms with Crippen LogP contribution in [0.2, 0.25) is 5.02 Å². The summed E-state index contributed by atoms with van der Waals surface area (Å²) >= 11 is 8.29. The fourth-order valence-electron chi connectivity index (χ4n) is 6.57. The van der Waals surface area contributed by atoms with Crippen molar-refractivity contribution >= 4 is 51.6 Å². The minimum atomic E-state index is -1.05. The molecule has 2 heterocycles. The quantitative estimate of drug-likeness (QED) is 0.141. The van der Waals surface area contributed by atoms with Crippen molar-refractivity contribution in [1.29, 1.82) is 0 Å². The van der Waals surface area contributed by atoms with Crippen molar-refractivity contribution in [1.82, 2.24) is 20.2 Å². The van der Waals surface area contributed by atoms with Crippen molar-refractivity contribution in [2.45, 2.75) is 90.7 Å². The highest BCUT2D eigenvalue weighted by molar-refractivity contribution is 7.13. The maximum atomic E-state index is 14.0. The Morgan fingerprint density at radius 1 is 1.12 bits per heavy atom. The molecule has 0 radical (unpaired) electrons. The zero-order valence-electron chi connectivity index (χ0n) is 28.9. The number of nitrogens with zero attached hydrogens (tertiary/aromatic N) is 3. The van der Waals surface area contributed by atoms with Crippen molar-refractivity contribution in [3.05, 3.63) is 34.3 Å². The molecular formula is C36H47ClN4O6S. The molecule has 2 amide bonds. The predicted octanol–water partition coefficient (Wildman–Crippen LogP) is 7.02. The first-order valence-corrected chi connectivity index (χ1v) is 18.2. The van der Waals surface area contributed by atoms with Crippen LogP contribution in [0.1, 0.15) is 84.8 Å². The highest BCUT2D eigenvalue weighted by atomic mass is 35.5. The van der Waals surface area contributed by atoms with Gasteiger partial charge in [0.25, 0.3) is 0 Å². The largest absolute Gasteiger partial charge is 0.495 e. The Morgan fingerprint density at radius 3 is 2.48 bits per heavy atom. The fraction of sp³-hybridized carbons (Fsp3) is 0.583. The van der Waals surface area contributed by atoms with Crippen LogP contribution < -0.4 is 14.8 Å². The van der Waals surface area contributed by atoms with Gasteiger partial charge in [-0.1, -0.05) is 52.1 Å². The van der Waals surface area contributed by atoms with Crippen molar-refractivity contribution in [2.24, 2.45) is 17.8 Å². The normalized spacial score (nSPS) is 23.3. The lowest BCUT2D eigenvalue weighted by molar-refractivity contribution is -0.150. The van der Waals surface area contributed by atoms with Crippen molar-refractivity contribution in [3.63, 3.8) is 0 Å². The molecule has 260 valence electrons. The van der Waals surface area contributed by atoms with E-state index >= 15 is 0 Å². The molecule has 1 aromatic carbocycles. The number of pyridine rings is 1. The number of carbonyl (C=O) groups is 3. The third kappa shape index (κ3) is 7.27. The Hall–Kier alpha value is -3.44. The lowest BCUT2D eigenvalue weighted by Crippen LogP contribution is -2.50. The van der Waals surface area contributed by atoms with E-state index in [0.717, 1.165) is 30.0 Å². The summed E-state index contributed by atoms with van der Waals surface area (Å²) < 4.78 is 17.5. The molecule has 2 fully saturated rings. The van der Waals surface area contributed by atoms with Gasteiger partial charge >= 0.3 is 5.97 Å². The molecule has 1 N–H and O–H groups in total. The summed E-state index contributed by atoms with van der Waals surface area (Å²) in [6.07, 6.45) is 3.63. The first kappa shape index (κ1) is 35.9. The summed E-state index contributed by atoms with van der Waals surface area (Å²) in [5.74, 6) is -0.911. The summed E-state index contributed by atoms with van der Waals surface area (Å²) in [6.45, 7) is 10.8. The van der Waals surface area contributed by atoms with E-state index in [-0.39, 0.29) is 30.3 Å². The highest BCUT2D eigenvalue weighted by Gasteiger charge is 2.61. The number of methoxy groups -OCH3 is 1. The Morgan fingerprint density at radius 2 is 1.85 bits per heavy atom. The van der Waals surface area contributed by atoms with E-state index in [1.807, 2.05) is 24.4 Å². The lowest BCUT2D eigenvalue weighted by atomic mass is 9.93. The van der Waals surface area contributed by atoms with Gasteiger partial charge in [0.1, 0.15) is 38.9 Å². The molecule has 0 unspecified atom stereocenters. The van der Waals surface area contributed by atoms with Gasteiger partial charge in [-0.15, -0.1) is 11.3 Å². The molecule has 2 saturated carbocycles. The summed E-state index contributed by atoms with van der Waals surface area (Å²) in [5, 5.41) is 6.81. The molecule has 2 aliphatic rings. The van der Waals surface area contributed by atoms with Crippen LogP contribution in [0.5, 0.6) is 11.5 Å². The SMILES string of the molecule is CCCCCN(C)C(=O)[C@@H]1C[C@H](Oc2cc(-c3nc(C(C)C)cs3)nc3c(Cl)c(OC)ccc23)C[C@H]1C(=O)N[C@]1(C(=O)OCC)C[C@H]1C. The molecular weight excluding hydrogens is 652 g/mol.